The number of rotatable bonds is 6. The molecule has 0 radical (unpaired) electrons. The van der Waals surface area contributed by atoms with E-state index >= 15 is 0 Å². The summed E-state index contributed by atoms with van der Waals surface area (Å²) in [7, 11) is 0. The monoisotopic (exact) mass is 454 g/mol. The number of fused-ring (bicyclic) bond motifs is 5. The molecule has 0 aromatic rings. The molecule has 0 spiro atoms. The van der Waals surface area contributed by atoms with Crippen LogP contribution in [0.2, 0.25) is 0 Å². The van der Waals surface area contributed by atoms with Crippen molar-refractivity contribution in [1.29, 1.82) is 0 Å². The molecule has 7 unspecified atom stereocenters. The zero-order valence-corrected chi connectivity index (χ0v) is 22.8. The van der Waals surface area contributed by atoms with Crippen LogP contribution < -0.4 is 0 Å². The summed E-state index contributed by atoms with van der Waals surface area (Å²) in [5.41, 5.74) is 3.90. The van der Waals surface area contributed by atoms with Crippen molar-refractivity contribution >= 4 is 5.97 Å². The Balaban J connectivity index is 1.58. The van der Waals surface area contributed by atoms with Gasteiger partial charge < -0.3 is 4.74 Å². The first-order valence-electron chi connectivity index (χ1n) is 14.0. The minimum atomic E-state index is -0.141. The predicted octanol–water partition coefficient (Wildman–Crippen LogP) is 8.52. The van der Waals surface area contributed by atoms with Crippen LogP contribution in [0.3, 0.4) is 0 Å². The van der Waals surface area contributed by atoms with Gasteiger partial charge in [-0.1, -0.05) is 91.0 Å². The lowest BCUT2D eigenvalue weighted by Gasteiger charge is -2.58. The van der Waals surface area contributed by atoms with E-state index in [9.17, 15) is 4.79 Å². The standard InChI is InChI=1S/C31H50O2/c1-20(2)10-9-11-21(3)24-13-14-25-23-12-15-27-29(5,6)28(33-22(4)32)17-19-31(27,8)26(23)16-18-30(24,25)7/h12,15,20-21,24-26,28H,9-11,13-14,16-19H2,1-8H3. The summed E-state index contributed by atoms with van der Waals surface area (Å²) in [5, 5.41) is 0. The van der Waals surface area contributed by atoms with Crippen LogP contribution in [0.4, 0.5) is 0 Å². The smallest absolute Gasteiger partial charge is 0.302 e. The van der Waals surface area contributed by atoms with Crippen molar-refractivity contribution in [2.24, 2.45) is 45.8 Å². The Morgan fingerprint density at radius 2 is 1.70 bits per heavy atom. The summed E-state index contributed by atoms with van der Waals surface area (Å²) in [6.45, 7) is 18.6. The zero-order chi connectivity index (χ0) is 24.2. The molecule has 4 aliphatic carbocycles. The van der Waals surface area contributed by atoms with E-state index in [1.54, 1.807) is 12.5 Å². The van der Waals surface area contributed by atoms with Gasteiger partial charge in [-0.25, -0.2) is 0 Å². The van der Waals surface area contributed by atoms with Gasteiger partial charge >= 0.3 is 5.97 Å². The van der Waals surface area contributed by atoms with Gasteiger partial charge in [0.25, 0.3) is 0 Å². The van der Waals surface area contributed by atoms with Crippen LogP contribution in [0.25, 0.3) is 0 Å². The van der Waals surface area contributed by atoms with Gasteiger partial charge in [-0.15, -0.1) is 0 Å². The molecule has 2 heteroatoms. The second-order valence-electron chi connectivity index (χ2n) is 13.7. The van der Waals surface area contributed by atoms with Gasteiger partial charge in [-0.05, 0) is 78.9 Å². The number of allylic oxidation sites excluding steroid dienone is 3. The van der Waals surface area contributed by atoms with E-state index in [2.05, 4.69) is 60.6 Å². The van der Waals surface area contributed by atoms with Crippen molar-refractivity contribution < 1.29 is 9.53 Å². The number of hydrogen-bond acceptors (Lipinski definition) is 2. The second-order valence-corrected chi connectivity index (χ2v) is 13.7. The van der Waals surface area contributed by atoms with Crippen molar-refractivity contribution in [3.63, 3.8) is 0 Å². The van der Waals surface area contributed by atoms with Crippen LogP contribution in [-0.2, 0) is 9.53 Å². The van der Waals surface area contributed by atoms with Crippen LogP contribution in [0.5, 0.6) is 0 Å². The third-order valence-electron chi connectivity index (χ3n) is 10.9. The van der Waals surface area contributed by atoms with E-state index in [0.29, 0.717) is 11.3 Å². The summed E-state index contributed by atoms with van der Waals surface area (Å²) in [6, 6.07) is 0. The summed E-state index contributed by atoms with van der Waals surface area (Å²) >= 11 is 0. The van der Waals surface area contributed by atoms with E-state index in [-0.39, 0.29) is 22.9 Å². The Kier molecular flexibility index (Phi) is 6.73. The number of hydrogen-bond donors (Lipinski definition) is 0. The highest BCUT2D eigenvalue weighted by Gasteiger charge is 2.59. The third kappa shape index (κ3) is 4.16. The zero-order valence-electron chi connectivity index (χ0n) is 22.8. The van der Waals surface area contributed by atoms with Crippen LogP contribution in [-0.4, -0.2) is 12.1 Å². The maximum Gasteiger partial charge on any atom is 0.302 e. The van der Waals surface area contributed by atoms with Gasteiger partial charge in [0.15, 0.2) is 0 Å². The fourth-order valence-corrected chi connectivity index (χ4v) is 9.13. The van der Waals surface area contributed by atoms with Crippen molar-refractivity contribution in [2.45, 2.75) is 119 Å². The molecule has 7 atom stereocenters. The number of ether oxygens (including phenoxy) is 1. The van der Waals surface area contributed by atoms with Crippen LogP contribution >= 0.6 is 0 Å². The minimum absolute atomic E-state index is 0.000631. The highest BCUT2D eigenvalue weighted by atomic mass is 16.5. The highest BCUT2D eigenvalue weighted by Crippen LogP contribution is 2.67. The van der Waals surface area contributed by atoms with Crippen molar-refractivity contribution in [3.8, 4) is 0 Å². The molecule has 4 rings (SSSR count). The molecule has 33 heavy (non-hydrogen) atoms. The molecule has 0 aromatic carbocycles. The van der Waals surface area contributed by atoms with E-state index in [4.69, 9.17) is 4.74 Å². The van der Waals surface area contributed by atoms with Crippen molar-refractivity contribution in [2.75, 3.05) is 0 Å². The normalized spacial score (nSPS) is 40.3. The van der Waals surface area contributed by atoms with Crippen molar-refractivity contribution in [1.82, 2.24) is 0 Å². The van der Waals surface area contributed by atoms with E-state index in [1.165, 1.54) is 50.5 Å². The van der Waals surface area contributed by atoms with Crippen LogP contribution in [0, 0.1) is 45.8 Å². The lowest BCUT2D eigenvalue weighted by molar-refractivity contribution is -0.155. The Morgan fingerprint density at radius 1 is 0.970 bits per heavy atom. The van der Waals surface area contributed by atoms with E-state index in [0.717, 1.165) is 36.5 Å². The summed E-state index contributed by atoms with van der Waals surface area (Å²) < 4.78 is 5.81. The molecule has 4 aliphatic rings. The summed E-state index contributed by atoms with van der Waals surface area (Å²) in [6.07, 6.45) is 16.8. The lowest BCUT2D eigenvalue weighted by atomic mass is 9.46. The first-order valence-corrected chi connectivity index (χ1v) is 14.0. The SMILES string of the molecule is CC(=O)OC1CCC2(C)C(=CC=C3C2CCC2(C)C3CCC2C(C)CCCC(C)C)C1(C)C. The first kappa shape index (κ1) is 25.1. The van der Waals surface area contributed by atoms with Crippen molar-refractivity contribution in [3.05, 3.63) is 23.3 Å². The number of esters is 1. The molecule has 3 fully saturated rings. The lowest BCUT2D eigenvalue weighted by Crippen LogP contribution is -2.52. The number of carbonyl (C=O) groups excluding carboxylic acids is 1. The Hall–Kier alpha value is -1.05. The summed E-state index contributed by atoms with van der Waals surface area (Å²) in [4.78, 5) is 11.8. The van der Waals surface area contributed by atoms with E-state index in [1.807, 2.05) is 0 Å². The molecule has 0 aliphatic heterocycles. The van der Waals surface area contributed by atoms with Gasteiger partial charge in [0.1, 0.15) is 6.10 Å². The quantitative estimate of drug-likeness (QED) is 0.376. The van der Waals surface area contributed by atoms with Gasteiger partial charge in [0.2, 0.25) is 0 Å². The molecule has 0 heterocycles. The average Bonchev–Trinajstić information content (AvgIpc) is 3.07. The predicted molar refractivity (Wildman–Crippen MR) is 138 cm³/mol. The molecular formula is C31H50O2. The molecule has 0 N–H and O–H groups in total. The Morgan fingerprint density at radius 3 is 2.36 bits per heavy atom. The summed E-state index contributed by atoms with van der Waals surface area (Å²) in [5.74, 6) is 3.84. The number of carbonyl (C=O) groups is 1. The molecule has 0 aromatic heterocycles. The Bertz CT molecular complexity index is 817. The first-order chi connectivity index (χ1) is 15.4. The molecule has 2 nitrogen and oxygen atoms in total. The highest BCUT2D eigenvalue weighted by molar-refractivity contribution is 5.66. The van der Waals surface area contributed by atoms with Gasteiger partial charge in [-0.3, -0.25) is 4.79 Å². The maximum atomic E-state index is 11.8. The largest absolute Gasteiger partial charge is 0.462 e. The van der Waals surface area contributed by atoms with Gasteiger partial charge in [-0.2, -0.15) is 0 Å². The molecule has 0 bridgehead atoms. The topological polar surface area (TPSA) is 26.3 Å². The Labute approximate surface area is 204 Å². The van der Waals surface area contributed by atoms with Crippen LogP contribution in [0.15, 0.2) is 23.3 Å². The second kappa shape index (κ2) is 8.87. The molecule has 0 amide bonds. The molecule has 0 saturated heterocycles. The van der Waals surface area contributed by atoms with Gasteiger partial charge in [0, 0.05) is 12.3 Å². The fraction of sp³-hybridized carbons (Fsp3) is 0.839. The van der Waals surface area contributed by atoms with E-state index < -0.39 is 0 Å². The average molecular weight is 455 g/mol. The maximum absolute atomic E-state index is 11.8. The van der Waals surface area contributed by atoms with Crippen LogP contribution in [0.1, 0.15) is 113 Å². The minimum Gasteiger partial charge on any atom is -0.462 e. The third-order valence-corrected chi connectivity index (χ3v) is 10.9. The van der Waals surface area contributed by atoms with Gasteiger partial charge in [0.05, 0.1) is 0 Å². The fourth-order valence-electron chi connectivity index (χ4n) is 9.13. The molecular weight excluding hydrogens is 404 g/mol. The molecule has 186 valence electrons. The molecule has 3 saturated carbocycles.